The smallest absolute Gasteiger partial charge is 0.0892 e. The van der Waals surface area contributed by atoms with Crippen molar-refractivity contribution in [2.24, 2.45) is 4.99 Å². The molecule has 3 heteroatoms. The van der Waals surface area contributed by atoms with E-state index in [2.05, 4.69) is 59.1 Å². The molecule has 4 rings (SSSR count). The molecule has 1 aliphatic rings. The molecule has 3 nitrogen and oxygen atoms in total. The molecule has 0 aliphatic carbocycles. The van der Waals surface area contributed by atoms with Crippen molar-refractivity contribution < 1.29 is 0 Å². The lowest BCUT2D eigenvalue weighted by molar-refractivity contribution is 1.00. The molecule has 3 heterocycles. The van der Waals surface area contributed by atoms with Crippen molar-refractivity contribution in [2.75, 3.05) is 0 Å². The van der Waals surface area contributed by atoms with Crippen LogP contribution in [0.2, 0.25) is 0 Å². The fourth-order valence-corrected chi connectivity index (χ4v) is 3.07. The van der Waals surface area contributed by atoms with Gasteiger partial charge in [-0.3, -0.25) is 9.98 Å². The lowest BCUT2D eigenvalue weighted by Gasteiger charge is -2.12. The Hall–Kier alpha value is -2.68. The number of benzene rings is 1. The van der Waals surface area contributed by atoms with E-state index in [1.165, 1.54) is 16.8 Å². The molecule has 1 aromatic carbocycles. The summed E-state index contributed by atoms with van der Waals surface area (Å²) in [6.45, 7) is 4.87. The summed E-state index contributed by atoms with van der Waals surface area (Å²) in [4.78, 5) is 9.21. The quantitative estimate of drug-likeness (QED) is 0.669. The summed E-state index contributed by atoms with van der Waals surface area (Å²) in [6, 6.07) is 14.8. The summed E-state index contributed by atoms with van der Waals surface area (Å²) in [5.74, 6) is 0. The van der Waals surface area contributed by atoms with E-state index in [0.717, 1.165) is 22.7 Å². The van der Waals surface area contributed by atoms with Gasteiger partial charge in [0.15, 0.2) is 0 Å². The average Bonchev–Trinajstić information content (AvgIpc) is 2.92. The number of hydrogen-bond acceptors (Lipinski definition) is 2. The molecule has 0 atom stereocenters. The van der Waals surface area contributed by atoms with Crippen LogP contribution in [0.15, 0.2) is 59.9 Å². The van der Waals surface area contributed by atoms with Crippen molar-refractivity contribution in [3.8, 4) is 5.69 Å². The standard InChI is InChI=1S/C19H17N3/c1-13-5-3-6-17-16(13)12-21-19(18-7-4-10-22(17)18)15-8-9-20-14(2)11-15/h3-11H,12H2,1-2H3. The number of pyridine rings is 1. The number of nitrogens with zero attached hydrogens (tertiary/aromatic N) is 3. The molecule has 0 saturated heterocycles. The van der Waals surface area contributed by atoms with Gasteiger partial charge in [-0.2, -0.15) is 0 Å². The molecular formula is C19H17N3. The Morgan fingerprint density at radius 2 is 1.95 bits per heavy atom. The van der Waals surface area contributed by atoms with Gasteiger partial charge in [0.2, 0.25) is 0 Å². The van der Waals surface area contributed by atoms with Gasteiger partial charge in [0.25, 0.3) is 0 Å². The SMILES string of the molecule is Cc1cc(C2=NCc3c(C)cccc3-n3cccc32)ccn1. The van der Waals surface area contributed by atoms with E-state index in [0.29, 0.717) is 6.54 Å². The van der Waals surface area contributed by atoms with Crippen molar-refractivity contribution in [3.63, 3.8) is 0 Å². The number of hydrogen-bond donors (Lipinski definition) is 0. The Labute approximate surface area is 130 Å². The van der Waals surface area contributed by atoms with Crippen LogP contribution < -0.4 is 0 Å². The maximum atomic E-state index is 4.92. The van der Waals surface area contributed by atoms with Crippen molar-refractivity contribution >= 4 is 5.71 Å². The molecule has 2 aromatic heterocycles. The highest BCUT2D eigenvalue weighted by atomic mass is 15.0. The first-order valence-corrected chi connectivity index (χ1v) is 7.48. The number of fused-ring (bicyclic) bond motifs is 3. The summed E-state index contributed by atoms with van der Waals surface area (Å²) in [5.41, 5.74) is 8.11. The van der Waals surface area contributed by atoms with E-state index in [4.69, 9.17) is 4.99 Å². The average molecular weight is 287 g/mol. The second kappa shape index (κ2) is 4.95. The lowest BCUT2D eigenvalue weighted by Crippen LogP contribution is -2.08. The van der Waals surface area contributed by atoms with E-state index in [1.807, 2.05) is 19.2 Å². The Balaban J connectivity index is 1.96. The van der Waals surface area contributed by atoms with Gasteiger partial charge in [0, 0.05) is 29.2 Å². The minimum Gasteiger partial charge on any atom is -0.315 e. The number of aromatic nitrogens is 2. The second-order valence-electron chi connectivity index (χ2n) is 5.69. The highest BCUT2D eigenvalue weighted by Crippen LogP contribution is 2.27. The Morgan fingerprint density at radius 3 is 2.82 bits per heavy atom. The van der Waals surface area contributed by atoms with Gasteiger partial charge in [-0.15, -0.1) is 0 Å². The van der Waals surface area contributed by atoms with Crippen molar-refractivity contribution in [1.29, 1.82) is 0 Å². The third kappa shape index (κ3) is 1.98. The monoisotopic (exact) mass is 287 g/mol. The summed E-state index contributed by atoms with van der Waals surface area (Å²) < 4.78 is 2.24. The minimum absolute atomic E-state index is 0.709. The molecule has 0 fully saturated rings. The molecule has 3 aromatic rings. The van der Waals surface area contributed by atoms with Gasteiger partial charge in [0.1, 0.15) is 0 Å². The third-order valence-corrected chi connectivity index (χ3v) is 4.20. The Kier molecular flexibility index (Phi) is 2.93. The van der Waals surface area contributed by atoms with Crippen LogP contribution >= 0.6 is 0 Å². The molecular weight excluding hydrogens is 270 g/mol. The Morgan fingerprint density at radius 1 is 1.05 bits per heavy atom. The van der Waals surface area contributed by atoms with Crippen molar-refractivity contribution in [3.05, 3.63) is 82.9 Å². The predicted octanol–water partition coefficient (Wildman–Crippen LogP) is 3.84. The van der Waals surface area contributed by atoms with Gasteiger partial charge in [-0.25, -0.2) is 0 Å². The largest absolute Gasteiger partial charge is 0.315 e. The highest BCUT2D eigenvalue weighted by molar-refractivity contribution is 6.12. The maximum absolute atomic E-state index is 4.92. The maximum Gasteiger partial charge on any atom is 0.0892 e. The molecule has 0 radical (unpaired) electrons. The molecule has 22 heavy (non-hydrogen) atoms. The van der Waals surface area contributed by atoms with Crippen LogP contribution in [0, 0.1) is 13.8 Å². The summed E-state index contributed by atoms with van der Waals surface area (Å²) >= 11 is 0. The molecule has 1 aliphatic heterocycles. The topological polar surface area (TPSA) is 30.2 Å². The van der Waals surface area contributed by atoms with Gasteiger partial charge in [-0.05, 0) is 49.7 Å². The van der Waals surface area contributed by atoms with E-state index in [-0.39, 0.29) is 0 Å². The van der Waals surface area contributed by atoms with Gasteiger partial charge >= 0.3 is 0 Å². The fraction of sp³-hybridized carbons (Fsp3) is 0.158. The predicted molar refractivity (Wildman–Crippen MR) is 88.8 cm³/mol. The molecule has 0 bridgehead atoms. The summed E-state index contributed by atoms with van der Waals surface area (Å²) in [5, 5.41) is 0. The zero-order valence-corrected chi connectivity index (χ0v) is 12.7. The molecule has 108 valence electrons. The fourth-order valence-electron chi connectivity index (χ4n) is 3.07. The zero-order valence-electron chi connectivity index (χ0n) is 12.7. The van der Waals surface area contributed by atoms with Gasteiger partial charge in [-0.1, -0.05) is 12.1 Å². The first kappa shape index (κ1) is 13.0. The van der Waals surface area contributed by atoms with E-state index in [9.17, 15) is 0 Å². The first-order valence-electron chi connectivity index (χ1n) is 7.48. The van der Waals surface area contributed by atoms with Crippen LogP contribution in [0.1, 0.15) is 28.1 Å². The molecule has 0 unspecified atom stereocenters. The Bertz CT molecular complexity index is 887. The number of aliphatic imine (C=N–C) groups is 1. The first-order chi connectivity index (χ1) is 10.7. The summed E-state index contributed by atoms with van der Waals surface area (Å²) in [6.07, 6.45) is 3.96. The van der Waals surface area contributed by atoms with Gasteiger partial charge < -0.3 is 4.57 Å². The van der Waals surface area contributed by atoms with Crippen LogP contribution in [-0.4, -0.2) is 15.3 Å². The van der Waals surface area contributed by atoms with Crippen LogP contribution in [0.3, 0.4) is 0 Å². The van der Waals surface area contributed by atoms with Crippen LogP contribution in [0.25, 0.3) is 5.69 Å². The third-order valence-electron chi connectivity index (χ3n) is 4.20. The molecule has 0 spiro atoms. The normalized spacial score (nSPS) is 13.1. The number of aryl methyl sites for hydroxylation is 2. The second-order valence-corrected chi connectivity index (χ2v) is 5.69. The number of rotatable bonds is 1. The molecule has 0 N–H and O–H groups in total. The van der Waals surface area contributed by atoms with Gasteiger partial charge in [0.05, 0.1) is 23.6 Å². The zero-order chi connectivity index (χ0) is 15.1. The molecule has 0 saturated carbocycles. The van der Waals surface area contributed by atoms with Crippen molar-refractivity contribution in [2.45, 2.75) is 20.4 Å². The van der Waals surface area contributed by atoms with E-state index >= 15 is 0 Å². The van der Waals surface area contributed by atoms with Crippen LogP contribution in [0.5, 0.6) is 0 Å². The van der Waals surface area contributed by atoms with Crippen LogP contribution in [0.4, 0.5) is 0 Å². The highest BCUT2D eigenvalue weighted by Gasteiger charge is 2.19. The summed E-state index contributed by atoms with van der Waals surface area (Å²) in [7, 11) is 0. The minimum atomic E-state index is 0.709. The van der Waals surface area contributed by atoms with Crippen molar-refractivity contribution in [1.82, 2.24) is 9.55 Å². The van der Waals surface area contributed by atoms with E-state index in [1.54, 1.807) is 0 Å². The van der Waals surface area contributed by atoms with Crippen LogP contribution in [-0.2, 0) is 6.54 Å². The molecule has 0 amide bonds. The lowest BCUT2D eigenvalue weighted by atomic mass is 10.1. The van der Waals surface area contributed by atoms with E-state index < -0.39 is 0 Å².